The van der Waals surface area contributed by atoms with E-state index in [-0.39, 0.29) is 0 Å². The predicted octanol–water partition coefficient (Wildman–Crippen LogP) is 2.94. The Bertz CT molecular complexity index is 509. The third-order valence-corrected chi connectivity index (χ3v) is 3.77. The third-order valence-electron chi connectivity index (χ3n) is 3.13. The van der Waals surface area contributed by atoms with Gasteiger partial charge in [-0.1, -0.05) is 17.7 Å². The number of carboxylic acid groups (broad SMARTS) is 1. The van der Waals surface area contributed by atoms with E-state index in [1.54, 1.807) is 11.8 Å². The molecule has 0 radical (unpaired) electrons. The summed E-state index contributed by atoms with van der Waals surface area (Å²) in [5, 5.41) is 14.4. The van der Waals surface area contributed by atoms with Crippen molar-refractivity contribution in [3.63, 3.8) is 0 Å². The van der Waals surface area contributed by atoms with Crippen molar-refractivity contribution in [3.8, 4) is 0 Å². The Labute approximate surface area is 129 Å². The van der Waals surface area contributed by atoms with Gasteiger partial charge in [-0.2, -0.15) is 11.8 Å². The van der Waals surface area contributed by atoms with E-state index < -0.39 is 18.0 Å². The lowest BCUT2D eigenvalue weighted by atomic mass is 10.1. The molecule has 21 heavy (non-hydrogen) atoms. The van der Waals surface area contributed by atoms with Crippen molar-refractivity contribution < 1.29 is 14.7 Å². The molecule has 0 saturated heterocycles. The first-order valence-electron chi connectivity index (χ1n) is 6.72. The number of rotatable bonds is 6. The van der Waals surface area contributed by atoms with Crippen molar-refractivity contribution in [2.75, 3.05) is 17.3 Å². The van der Waals surface area contributed by atoms with E-state index in [1.165, 1.54) is 0 Å². The molecular formula is C15H22N2O3S. The molecule has 0 fully saturated rings. The highest BCUT2D eigenvalue weighted by Crippen LogP contribution is 2.21. The Morgan fingerprint density at radius 2 is 1.81 bits per heavy atom. The van der Waals surface area contributed by atoms with Gasteiger partial charge in [0.25, 0.3) is 0 Å². The number of amides is 2. The number of aryl methyl sites for hydroxylation is 3. The molecule has 1 aromatic rings. The van der Waals surface area contributed by atoms with Gasteiger partial charge in [0.1, 0.15) is 6.04 Å². The number of nitrogens with one attached hydrogen (secondary N) is 2. The van der Waals surface area contributed by atoms with Crippen LogP contribution in [-0.4, -0.2) is 35.2 Å². The van der Waals surface area contributed by atoms with Crippen LogP contribution in [0.1, 0.15) is 23.1 Å². The van der Waals surface area contributed by atoms with Crippen molar-refractivity contribution in [2.24, 2.45) is 0 Å². The second-order valence-corrected chi connectivity index (χ2v) is 6.03. The van der Waals surface area contributed by atoms with Crippen LogP contribution in [0.15, 0.2) is 12.1 Å². The SMILES string of the molecule is CSCCC(NC(=O)Nc1c(C)cc(C)cc1C)C(=O)O. The minimum absolute atomic E-state index is 0.399. The molecule has 3 N–H and O–H groups in total. The summed E-state index contributed by atoms with van der Waals surface area (Å²) < 4.78 is 0. The number of aliphatic carboxylic acids is 1. The number of anilines is 1. The zero-order chi connectivity index (χ0) is 16.0. The van der Waals surface area contributed by atoms with Crippen LogP contribution in [0.3, 0.4) is 0 Å². The monoisotopic (exact) mass is 310 g/mol. The molecule has 0 heterocycles. The van der Waals surface area contributed by atoms with Gasteiger partial charge in [-0.15, -0.1) is 0 Å². The van der Waals surface area contributed by atoms with Crippen LogP contribution in [0, 0.1) is 20.8 Å². The lowest BCUT2D eigenvalue weighted by molar-refractivity contribution is -0.139. The molecule has 0 aromatic heterocycles. The third kappa shape index (κ3) is 5.30. The topological polar surface area (TPSA) is 78.4 Å². The van der Waals surface area contributed by atoms with Crippen molar-refractivity contribution in [1.82, 2.24) is 5.32 Å². The fourth-order valence-corrected chi connectivity index (χ4v) is 2.65. The standard InChI is InChI=1S/C15H22N2O3S/c1-9-7-10(2)13(11(3)8-9)17-15(20)16-12(14(18)19)5-6-21-4/h7-8,12H,5-6H2,1-4H3,(H,18,19)(H2,16,17,20). The number of thioether (sulfide) groups is 1. The van der Waals surface area contributed by atoms with E-state index in [0.29, 0.717) is 12.2 Å². The minimum atomic E-state index is -1.02. The first-order valence-corrected chi connectivity index (χ1v) is 8.11. The van der Waals surface area contributed by atoms with E-state index in [0.717, 1.165) is 22.4 Å². The number of hydrogen-bond acceptors (Lipinski definition) is 3. The van der Waals surface area contributed by atoms with E-state index in [2.05, 4.69) is 10.6 Å². The first kappa shape index (κ1) is 17.4. The Kier molecular flexibility index (Phi) is 6.55. The molecule has 0 aliphatic rings. The Balaban J connectivity index is 2.74. The molecule has 0 aliphatic heterocycles. The fraction of sp³-hybridized carbons (Fsp3) is 0.467. The van der Waals surface area contributed by atoms with Gasteiger partial charge in [-0.25, -0.2) is 9.59 Å². The second kappa shape index (κ2) is 7.93. The maximum atomic E-state index is 12.0. The summed E-state index contributed by atoms with van der Waals surface area (Å²) in [7, 11) is 0. The molecule has 116 valence electrons. The summed E-state index contributed by atoms with van der Waals surface area (Å²) in [5.41, 5.74) is 3.77. The van der Waals surface area contributed by atoms with Crippen LogP contribution in [-0.2, 0) is 4.79 Å². The van der Waals surface area contributed by atoms with Crippen molar-refractivity contribution in [2.45, 2.75) is 33.2 Å². The highest BCUT2D eigenvalue weighted by molar-refractivity contribution is 7.98. The fourth-order valence-electron chi connectivity index (χ4n) is 2.18. The van der Waals surface area contributed by atoms with Crippen LogP contribution in [0.25, 0.3) is 0 Å². The van der Waals surface area contributed by atoms with Gasteiger partial charge in [-0.05, 0) is 50.3 Å². The molecular weight excluding hydrogens is 288 g/mol. The van der Waals surface area contributed by atoms with Crippen LogP contribution in [0.4, 0.5) is 10.5 Å². The minimum Gasteiger partial charge on any atom is -0.480 e. The molecule has 2 amide bonds. The summed E-state index contributed by atoms with van der Waals surface area (Å²) in [6.45, 7) is 5.82. The molecule has 1 unspecified atom stereocenters. The Morgan fingerprint density at radius 3 is 2.29 bits per heavy atom. The molecule has 0 saturated carbocycles. The van der Waals surface area contributed by atoms with Crippen molar-refractivity contribution >= 4 is 29.4 Å². The molecule has 0 bridgehead atoms. The van der Waals surface area contributed by atoms with Gasteiger partial charge in [0.05, 0.1) is 0 Å². The first-order chi connectivity index (χ1) is 9.85. The lowest BCUT2D eigenvalue weighted by Crippen LogP contribution is -2.43. The average molecular weight is 310 g/mol. The number of hydrogen-bond donors (Lipinski definition) is 3. The van der Waals surface area contributed by atoms with Crippen LogP contribution < -0.4 is 10.6 Å². The zero-order valence-electron chi connectivity index (χ0n) is 12.8. The van der Waals surface area contributed by atoms with Gasteiger partial charge in [-0.3, -0.25) is 0 Å². The van der Waals surface area contributed by atoms with Gasteiger partial charge in [0.15, 0.2) is 0 Å². The Morgan fingerprint density at radius 1 is 1.24 bits per heavy atom. The van der Waals surface area contributed by atoms with Gasteiger partial charge in [0.2, 0.25) is 0 Å². The summed E-state index contributed by atoms with van der Waals surface area (Å²) >= 11 is 1.55. The summed E-state index contributed by atoms with van der Waals surface area (Å²) in [6.07, 6.45) is 2.30. The molecule has 1 aromatic carbocycles. The summed E-state index contributed by atoms with van der Waals surface area (Å²) in [6, 6.07) is 2.60. The number of urea groups is 1. The normalized spacial score (nSPS) is 11.8. The highest BCUT2D eigenvalue weighted by Gasteiger charge is 2.19. The number of carbonyl (C=O) groups excluding carboxylic acids is 1. The number of benzene rings is 1. The van der Waals surface area contributed by atoms with Crippen LogP contribution in [0.5, 0.6) is 0 Å². The van der Waals surface area contributed by atoms with E-state index in [1.807, 2.05) is 39.2 Å². The molecule has 1 atom stereocenters. The quantitative estimate of drug-likeness (QED) is 0.755. The van der Waals surface area contributed by atoms with E-state index in [9.17, 15) is 9.59 Å². The summed E-state index contributed by atoms with van der Waals surface area (Å²) in [4.78, 5) is 23.1. The molecule has 0 spiro atoms. The number of carbonyl (C=O) groups is 2. The number of carboxylic acids is 1. The van der Waals surface area contributed by atoms with E-state index >= 15 is 0 Å². The smallest absolute Gasteiger partial charge is 0.326 e. The highest BCUT2D eigenvalue weighted by atomic mass is 32.2. The van der Waals surface area contributed by atoms with Crippen LogP contribution >= 0.6 is 11.8 Å². The molecule has 0 aliphatic carbocycles. The maximum Gasteiger partial charge on any atom is 0.326 e. The predicted molar refractivity (Wildman–Crippen MR) is 87.2 cm³/mol. The maximum absolute atomic E-state index is 12.0. The van der Waals surface area contributed by atoms with Crippen molar-refractivity contribution in [1.29, 1.82) is 0 Å². The van der Waals surface area contributed by atoms with Crippen molar-refractivity contribution in [3.05, 3.63) is 28.8 Å². The lowest BCUT2D eigenvalue weighted by Gasteiger charge is -2.17. The molecule has 6 heteroatoms. The average Bonchev–Trinajstić information content (AvgIpc) is 2.38. The van der Waals surface area contributed by atoms with Gasteiger partial charge in [0, 0.05) is 5.69 Å². The van der Waals surface area contributed by atoms with Crippen LogP contribution in [0.2, 0.25) is 0 Å². The molecule has 5 nitrogen and oxygen atoms in total. The van der Waals surface area contributed by atoms with Gasteiger partial charge >= 0.3 is 12.0 Å². The zero-order valence-corrected chi connectivity index (χ0v) is 13.6. The summed E-state index contributed by atoms with van der Waals surface area (Å²) in [5.74, 6) is -0.337. The van der Waals surface area contributed by atoms with E-state index in [4.69, 9.17) is 5.11 Å². The van der Waals surface area contributed by atoms with Gasteiger partial charge < -0.3 is 15.7 Å². The largest absolute Gasteiger partial charge is 0.480 e. The molecule has 1 rings (SSSR count). The second-order valence-electron chi connectivity index (χ2n) is 5.04. The Hall–Kier alpha value is -1.69.